The van der Waals surface area contributed by atoms with Gasteiger partial charge in [-0.15, -0.1) is 5.10 Å². The molecule has 0 aliphatic rings. The quantitative estimate of drug-likeness (QED) is 0.796. The van der Waals surface area contributed by atoms with Crippen molar-refractivity contribution in [2.45, 2.75) is 0 Å². The van der Waals surface area contributed by atoms with E-state index >= 15 is 0 Å². The average Bonchev–Trinajstić information content (AvgIpc) is 2.38. The third-order valence-corrected chi connectivity index (χ3v) is 2.02. The van der Waals surface area contributed by atoms with Crippen LogP contribution in [0, 0.1) is 0 Å². The number of hydrogen-bond acceptors (Lipinski definition) is 5. The first-order chi connectivity index (χ1) is 7.90. The molecule has 0 radical (unpaired) electrons. The van der Waals surface area contributed by atoms with E-state index in [4.69, 9.17) is 5.11 Å². The topological polar surface area (TPSA) is 70.9 Å². The zero-order valence-corrected chi connectivity index (χ0v) is 8.67. The summed E-state index contributed by atoms with van der Waals surface area (Å²) in [5.41, 5.74) is 1.75. The largest absolute Gasteiger partial charge is 0.395 e. The maximum atomic E-state index is 8.68. The van der Waals surface area contributed by atoms with Gasteiger partial charge in [0.1, 0.15) is 0 Å². The average molecular weight is 216 g/mol. The smallest absolute Gasteiger partial charge is 0.243 e. The van der Waals surface area contributed by atoms with Gasteiger partial charge < -0.3 is 10.4 Å². The lowest BCUT2D eigenvalue weighted by atomic mass is 10.2. The van der Waals surface area contributed by atoms with Crippen LogP contribution < -0.4 is 5.32 Å². The molecule has 5 heteroatoms. The number of benzene rings is 1. The van der Waals surface area contributed by atoms with Crippen molar-refractivity contribution in [2.24, 2.45) is 0 Å². The Labute approximate surface area is 93.2 Å². The zero-order chi connectivity index (χ0) is 11.2. The molecule has 2 rings (SSSR count). The van der Waals surface area contributed by atoms with Crippen molar-refractivity contribution in [1.82, 2.24) is 15.2 Å². The summed E-state index contributed by atoms with van der Waals surface area (Å²) in [7, 11) is 0. The zero-order valence-electron chi connectivity index (χ0n) is 8.67. The van der Waals surface area contributed by atoms with Gasteiger partial charge in [-0.2, -0.15) is 5.10 Å². The fourth-order valence-electron chi connectivity index (χ4n) is 1.29. The minimum atomic E-state index is 0.0406. The summed E-state index contributed by atoms with van der Waals surface area (Å²) in [6.45, 7) is 0.457. The van der Waals surface area contributed by atoms with Crippen LogP contribution >= 0.6 is 0 Å². The molecule has 1 aromatic heterocycles. The summed E-state index contributed by atoms with van der Waals surface area (Å²) in [4.78, 5) is 4.28. The highest BCUT2D eigenvalue weighted by Gasteiger charge is 2.01. The predicted octanol–water partition coefficient (Wildman–Crippen LogP) is 0.943. The Kier molecular flexibility index (Phi) is 3.40. The Morgan fingerprint density at radius 2 is 2.00 bits per heavy atom. The van der Waals surface area contributed by atoms with Crippen molar-refractivity contribution in [2.75, 3.05) is 18.5 Å². The summed E-state index contributed by atoms with van der Waals surface area (Å²) in [5, 5.41) is 19.2. The molecular formula is C11H12N4O. The molecule has 0 saturated heterocycles. The van der Waals surface area contributed by atoms with Gasteiger partial charge in [-0.1, -0.05) is 30.3 Å². The Bertz CT molecular complexity index is 447. The van der Waals surface area contributed by atoms with Crippen LogP contribution in [0.25, 0.3) is 11.3 Å². The molecule has 82 valence electrons. The van der Waals surface area contributed by atoms with E-state index in [-0.39, 0.29) is 6.61 Å². The molecule has 0 aliphatic heterocycles. The van der Waals surface area contributed by atoms with E-state index in [1.165, 1.54) is 0 Å². The first-order valence-electron chi connectivity index (χ1n) is 5.00. The third-order valence-electron chi connectivity index (χ3n) is 2.02. The minimum absolute atomic E-state index is 0.0406. The number of hydrogen-bond donors (Lipinski definition) is 2. The highest BCUT2D eigenvalue weighted by Crippen LogP contribution is 2.15. The van der Waals surface area contributed by atoms with Gasteiger partial charge in [0.15, 0.2) is 0 Å². The molecule has 1 heterocycles. The van der Waals surface area contributed by atoms with Gasteiger partial charge in [-0.25, -0.2) is 4.98 Å². The second kappa shape index (κ2) is 5.18. The van der Waals surface area contributed by atoms with Gasteiger partial charge in [0, 0.05) is 12.1 Å². The van der Waals surface area contributed by atoms with Crippen LogP contribution in [0.5, 0.6) is 0 Å². The maximum Gasteiger partial charge on any atom is 0.243 e. The standard InChI is InChI=1S/C11H12N4O/c16-7-6-12-11-14-10(8-13-15-11)9-4-2-1-3-5-9/h1-5,8,16H,6-7H2,(H,12,14,15). The Hall–Kier alpha value is -2.01. The molecule has 0 spiro atoms. The van der Waals surface area contributed by atoms with E-state index in [1.54, 1.807) is 6.20 Å². The minimum Gasteiger partial charge on any atom is -0.395 e. The number of rotatable bonds is 4. The molecule has 0 saturated carbocycles. The van der Waals surface area contributed by atoms with Crippen LogP contribution in [0.3, 0.4) is 0 Å². The Balaban J connectivity index is 2.22. The number of nitrogens with zero attached hydrogens (tertiary/aromatic N) is 3. The summed E-state index contributed by atoms with van der Waals surface area (Å²) >= 11 is 0. The third kappa shape index (κ3) is 2.52. The molecule has 0 bridgehead atoms. The van der Waals surface area contributed by atoms with E-state index in [0.29, 0.717) is 12.5 Å². The van der Waals surface area contributed by atoms with E-state index in [0.717, 1.165) is 11.3 Å². The first kappa shape index (κ1) is 10.5. The summed E-state index contributed by atoms with van der Waals surface area (Å²) in [5.74, 6) is 0.426. The van der Waals surface area contributed by atoms with Gasteiger partial charge >= 0.3 is 0 Å². The predicted molar refractivity (Wildman–Crippen MR) is 60.8 cm³/mol. The first-order valence-corrected chi connectivity index (χ1v) is 5.00. The van der Waals surface area contributed by atoms with Gasteiger partial charge in [0.25, 0.3) is 0 Å². The number of anilines is 1. The second-order valence-corrected chi connectivity index (χ2v) is 3.18. The van der Waals surface area contributed by atoms with Gasteiger partial charge in [0.2, 0.25) is 5.95 Å². The molecule has 2 aromatic rings. The molecule has 0 aliphatic carbocycles. The van der Waals surface area contributed by atoms with Crippen molar-refractivity contribution in [3.8, 4) is 11.3 Å². The molecule has 1 aromatic carbocycles. The molecular weight excluding hydrogens is 204 g/mol. The number of aliphatic hydroxyl groups excluding tert-OH is 1. The van der Waals surface area contributed by atoms with Crippen molar-refractivity contribution < 1.29 is 5.11 Å². The summed E-state index contributed by atoms with van der Waals surface area (Å²) in [6, 6.07) is 9.75. The van der Waals surface area contributed by atoms with E-state index < -0.39 is 0 Å². The molecule has 2 N–H and O–H groups in total. The van der Waals surface area contributed by atoms with E-state index in [9.17, 15) is 0 Å². The monoisotopic (exact) mass is 216 g/mol. The molecule has 0 amide bonds. The molecule has 0 unspecified atom stereocenters. The Morgan fingerprint density at radius 1 is 1.19 bits per heavy atom. The fraction of sp³-hybridized carbons (Fsp3) is 0.182. The molecule has 0 atom stereocenters. The maximum absolute atomic E-state index is 8.68. The van der Waals surface area contributed by atoms with Gasteiger partial charge in [0.05, 0.1) is 18.5 Å². The van der Waals surface area contributed by atoms with Crippen molar-refractivity contribution in [3.05, 3.63) is 36.5 Å². The van der Waals surface area contributed by atoms with Crippen LogP contribution in [0.2, 0.25) is 0 Å². The molecule has 0 fully saturated rings. The Morgan fingerprint density at radius 3 is 2.75 bits per heavy atom. The summed E-state index contributed by atoms with van der Waals surface area (Å²) < 4.78 is 0. The lowest BCUT2D eigenvalue weighted by Crippen LogP contribution is -2.09. The summed E-state index contributed by atoms with van der Waals surface area (Å²) in [6.07, 6.45) is 1.61. The van der Waals surface area contributed by atoms with Crippen molar-refractivity contribution >= 4 is 5.95 Å². The van der Waals surface area contributed by atoms with Crippen molar-refractivity contribution in [1.29, 1.82) is 0 Å². The van der Waals surface area contributed by atoms with Gasteiger partial charge in [-0.3, -0.25) is 0 Å². The van der Waals surface area contributed by atoms with E-state index in [1.807, 2.05) is 30.3 Å². The van der Waals surface area contributed by atoms with Crippen LogP contribution in [0.15, 0.2) is 36.5 Å². The number of nitrogens with one attached hydrogen (secondary N) is 1. The SMILES string of the molecule is OCCNc1nncc(-c2ccccc2)n1. The lowest BCUT2D eigenvalue weighted by Gasteiger charge is -2.03. The highest BCUT2D eigenvalue weighted by molar-refractivity contribution is 5.58. The molecule has 5 nitrogen and oxygen atoms in total. The highest BCUT2D eigenvalue weighted by atomic mass is 16.3. The normalized spacial score (nSPS) is 10.1. The second-order valence-electron chi connectivity index (χ2n) is 3.18. The van der Waals surface area contributed by atoms with Crippen LogP contribution in [-0.4, -0.2) is 33.4 Å². The lowest BCUT2D eigenvalue weighted by molar-refractivity contribution is 0.310. The van der Waals surface area contributed by atoms with Crippen molar-refractivity contribution in [3.63, 3.8) is 0 Å². The van der Waals surface area contributed by atoms with E-state index in [2.05, 4.69) is 20.5 Å². The van der Waals surface area contributed by atoms with Crippen LogP contribution in [0.1, 0.15) is 0 Å². The fourth-order valence-corrected chi connectivity index (χ4v) is 1.29. The van der Waals surface area contributed by atoms with Gasteiger partial charge in [-0.05, 0) is 0 Å². The molecule has 16 heavy (non-hydrogen) atoms. The van der Waals surface area contributed by atoms with Crippen LogP contribution in [-0.2, 0) is 0 Å². The number of aromatic nitrogens is 3. The van der Waals surface area contributed by atoms with Crippen LogP contribution in [0.4, 0.5) is 5.95 Å². The number of aliphatic hydroxyl groups is 1.